The van der Waals surface area contributed by atoms with Crippen LogP contribution in [0.2, 0.25) is 0 Å². The molecule has 0 bridgehead atoms. The average Bonchev–Trinajstić information content (AvgIpc) is 2.85. The second-order valence-corrected chi connectivity index (χ2v) is 9.09. The fourth-order valence-electron chi connectivity index (χ4n) is 3.76. The molecule has 1 aliphatic rings. The Balaban J connectivity index is 1.32. The van der Waals surface area contributed by atoms with Crippen LogP contribution in [-0.2, 0) is 4.79 Å². The number of carbonyl (C=O) groups is 1. The van der Waals surface area contributed by atoms with Crippen LogP contribution in [0, 0.1) is 0 Å². The number of hydrogen-bond acceptors (Lipinski definition) is 5. The Labute approximate surface area is 201 Å². The Hall–Kier alpha value is -3.64. The van der Waals surface area contributed by atoms with Crippen molar-refractivity contribution < 1.29 is 9.53 Å². The summed E-state index contributed by atoms with van der Waals surface area (Å²) >= 11 is 0. The lowest BCUT2D eigenvalue weighted by molar-refractivity contribution is -0.128. The van der Waals surface area contributed by atoms with Gasteiger partial charge in [-0.15, -0.1) is 0 Å². The number of amides is 1. The van der Waals surface area contributed by atoms with Gasteiger partial charge in [0.15, 0.2) is 5.60 Å². The van der Waals surface area contributed by atoms with Crippen molar-refractivity contribution in [3.8, 4) is 5.75 Å². The molecule has 0 saturated carbocycles. The van der Waals surface area contributed by atoms with Crippen LogP contribution in [0.4, 0.5) is 11.4 Å². The molecule has 0 atom stereocenters. The zero-order valence-corrected chi connectivity index (χ0v) is 20.1. The van der Waals surface area contributed by atoms with E-state index >= 15 is 0 Å². The molecule has 1 amide bonds. The van der Waals surface area contributed by atoms with E-state index in [2.05, 4.69) is 39.3 Å². The van der Waals surface area contributed by atoms with Crippen molar-refractivity contribution in [2.45, 2.75) is 19.4 Å². The third-order valence-electron chi connectivity index (χ3n) is 5.97. The molecule has 1 saturated heterocycles. The maximum atomic E-state index is 12.9. The molecule has 0 unspecified atom stereocenters. The number of aromatic nitrogens is 1. The van der Waals surface area contributed by atoms with E-state index in [1.54, 1.807) is 26.2 Å². The van der Waals surface area contributed by atoms with Gasteiger partial charge in [0.25, 0.3) is 5.91 Å². The summed E-state index contributed by atoms with van der Waals surface area (Å²) in [6, 6.07) is 19.6. The fraction of sp³-hybridized carbons (Fsp3) is 0.286. The highest BCUT2D eigenvalue weighted by Crippen LogP contribution is 2.23. The van der Waals surface area contributed by atoms with Crippen LogP contribution in [0.1, 0.15) is 25.0 Å². The van der Waals surface area contributed by atoms with Crippen LogP contribution in [0.15, 0.2) is 73.1 Å². The zero-order valence-electron chi connectivity index (χ0n) is 20.1. The van der Waals surface area contributed by atoms with Crippen molar-refractivity contribution >= 4 is 29.4 Å². The van der Waals surface area contributed by atoms with Gasteiger partial charge in [0, 0.05) is 49.9 Å². The molecule has 1 fully saturated rings. The molecular weight excluding hydrogens is 424 g/mol. The molecule has 176 valence electrons. The smallest absolute Gasteiger partial charge is 0.267 e. The highest BCUT2D eigenvalue weighted by molar-refractivity contribution is 5.97. The standard InChI is InChI=1S/C28H32N4O2/c1-28(2,34-26-12-6-22(7-13-26)4-5-23-14-16-29-17-15-23)27(33)30-24-8-10-25(11-9-24)32-20-18-31(3)19-21-32/h4-17H,18-21H2,1-3H3,(H,30,33)/b5-4+. The first kappa shape index (κ1) is 23.5. The van der Waals surface area contributed by atoms with Crippen LogP contribution < -0.4 is 15.0 Å². The maximum absolute atomic E-state index is 12.9. The summed E-state index contributed by atoms with van der Waals surface area (Å²) in [6.07, 6.45) is 7.60. The number of carbonyl (C=O) groups excluding carboxylic acids is 1. The molecule has 0 spiro atoms. The summed E-state index contributed by atoms with van der Waals surface area (Å²) in [5.41, 5.74) is 3.05. The van der Waals surface area contributed by atoms with Crippen LogP contribution >= 0.6 is 0 Å². The maximum Gasteiger partial charge on any atom is 0.267 e. The van der Waals surface area contributed by atoms with E-state index in [-0.39, 0.29) is 5.91 Å². The minimum Gasteiger partial charge on any atom is -0.478 e. The van der Waals surface area contributed by atoms with Gasteiger partial charge in [-0.25, -0.2) is 0 Å². The summed E-state index contributed by atoms with van der Waals surface area (Å²) < 4.78 is 6.03. The van der Waals surface area contributed by atoms with E-state index in [1.165, 1.54) is 5.69 Å². The molecule has 1 aliphatic heterocycles. The Morgan fingerprint density at radius 1 is 0.882 bits per heavy atom. The van der Waals surface area contributed by atoms with Gasteiger partial charge in [-0.3, -0.25) is 9.78 Å². The first-order valence-corrected chi connectivity index (χ1v) is 11.6. The van der Waals surface area contributed by atoms with E-state index in [1.807, 2.05) is 60.7 Å². The Morgan fingerprint density at radius 2 is 1.47 bits per heavy atom. The molecule has 2 aromatic carbocycles. The number of nitrogens with one attached hydrogen (secondary N) is 1. The molecule has 6 heteroatoms. The van der Waals surface area contributed by atoms with Crippen molar-refractivity contribution in [3.63, 3.8) is 0 Å². The molecule has 6 nitrogen and oxygen atoms in total. The number of anilines is 2. The molecule has 34 heavy (non-hydrogen) atoms. The van der Waals surface area contributed by atoms with Gasteiger partial charge in [0.2, 0.25) is 0 Å². The van der Waals surface area contributed by atoms with Crippen molar-refractivity contribution in [2.24, 2.45) is 0 Å². The van der Waals surface area contributed by atoms with Crippen molar-refractivity contribution in [3.05, 3.63) is 84.2 Å². The molecule has 3 aromatic rings. The Morgan fingerprint density at radius 3 is 2.09 bits per heavy atom. The largest absolute Gasteiger partial charge is 0.478 e. The SMILES string of the molecule is CN1CCN(c2ccc(NC(=O)C(C)(C)Oc3ccc(/C=C/c4ccncc4)cc3)cc2)CC1. The van der Waals surface area contributed by atoms with E-state index in [0.717, 1.165) is 43.0 Å². The van der Waals surface area contributed by atoms with Crippen molar-refractivity contribution in [1.29, 1.82) is 0 Å². The monoisotopic (exact) mass is 456 g/mol. The molecule has 1 N–H and O–H groups in total. The molecule has 1 aromatic heterocycles. The van der Waals surface area contributed by atoms with Crippen LogP contribution in [-0.4, -0.2) is 54.6 Å². The minimum absolute atomic E-state index is 0.193. The van der Waals surface area contributed by atoms with Gasteiger partial charge < -0.3 is 19.9 Å². The van der Waals surface area contributed by atoms with Gasteiger partial charge in [0.1, 0.15) is 5.75 Å². The Bertz CT molecular complexity index is 1100. The number of pyridine rings is 1. The van der Waals surface area contributed by atoms with Crippen molar-refractivity contribution in [2.75, 3.05) is 43.4 Å². The van der Waals surface area contributed by atoms with E-state index < -0.39 is 5.60 Å². The molecule has 4 rings (SSSR count). The van der Waals surface area contributed by atoms with Crippen molar-refractivity contribution in [1.82, 2.24) is 9.88 Å². The van der Waals surface area contributed by atoms with E-state index in [9.17, 15) is 4.79 Å². The summed E-state index contributed by atoms with van der Waals surface area (Å²) in [7, 11) is 2.15. The number of piperazine rings is 1. The molecule has 0 radical (unpaired) electrons. The topological polar surface area (TPSA) is 57.7 Å². The third-order valence-corrected chi connectivity index (χ3v) is 5.97. The average molecular weight is 457 g/mol. The van der Waals surface area contributed by atoms with Gasteiger partial charge in [-0.2, -0.15) is 0 Å². The second kappa shape index (κ2) is 10.5. The van der Waals surface area contributed by atoms with Crippen LogP contribution in [0.5, 0.6) is 5.75 Å². The summed E-state index contributed by atoms with van der Waals surface area (Å²) in [5.74, 6) is 0.452. The van der Waals surface area contributed by atoms with Gasteiger partial charge in [0.05, 0.1) is 0 Å². The predicted octanol–water partition coefficient (Wildman–Crippen LogP) is 4.80. The lowest BCUT2D eigenvalue weighted by atomic mass is 10.1. The first-order valence-electron chi connectivity index (χ1n) is 11.6. The number of likely N-dealkylation sites (N-methyl/N-ethyl adjacent to an activating group) is 1. The summed E-state index contributed by atoms with van der Waals surface area (Å²) in [4.78, 5) is 21.6. The lowest BCUT2D eigenvalue weighted by Gasteiger charge is -2.34. The van der Waals surface area contributed by atoms with Gasteiger partial charge in [-0.1, -0.05) is 24.3 Å². The van der Waals surface area contributed by atoms with Crippen LogP contribution in [0.3, 0.4) is 0 Å². The van der Waals surface area contributed by atoms with E-state index in [4.69, 9.17) is 4.74 Å². The number of rotatable bonds is 7. The van der Waals surface area contributed by atoms with Gasteiger partial charge in [-0.05, 0) is 80.6 Å². The van der Waals surface area contributed by atoms with Gasteiger partial charge >= 0.3 is 0 Å². The van der Waals surface area contributed by atoms with Crippen LogP contribution in [0.25, 0.3) is 12.2 Å². The summed E-state index contributed by atoms with van der Waals surface area (Å²) in [6.45, 7) is 7.71. The number of hydrogen-bond donors (Lipinski definition) is 1. The number of ether oxygens (including phenoxy) is 1. The highest BCUT2D eigenvalue weighted by atomic mass is 16.5. The second-order valence-electron chi connectivity index (χ2n) is 9.09. The minimum atomic E-state index is -1.02. The normalized spacial score (nSPS) is 14.9. The fourth-order valence-corrected chi connectivity index (χ4v) is 3.76. The number of benzene rings is 2. The Kier molecular flexibility index (Phi) is 7.28. The molecular formula is C28H32N4O2. The summed E-state index contributed by atoms with van der Waals surface area (Å²) in [5, 5.41) is 2.98. The molecule has 0 aliphatic carbocycles. The quantitative estimate of drug-likeness (QED) is 0.553. The predicted molar refractivity (Wildman–Crippen MR) is 139 cm³/mol. The first-order chi connectivity index (χ1) is 16.4. The zero-order chi connectivity index (χ0) is 24.0. The lowest BCUT2D eigenvalue weighted by Crippen LogP contribution is -2.44. The highest BCUT2D eigenvalue weighted by Gasteiger charge is 2.30. The number of nitrogens with zero attached hydrogens (tertiary/aromatic N) is 3. The third kappa shape index (κ3) is 6.23. The van der Waals surface area contributed by atoms with E-state index in [0.29, 0.717) is 5.75 Å². The molecule has 2 heterocycles.